The molecule has 1 saturated heterocycles. The minimum Gasteiger partial charge on any atom is -0.468 e. The molecule has 1 fully saturated rings. The van der Waals surface area contributed by atoms with Gasteiger partial charge < -0.3 is 4.74 Å². The summed E-state index contributed by atoms with van der Waals surface area (Å²) in [5.74, 6) is 0.0139. The Morgan fingerprint density at radius 3 is 2.60 bits per heavy atom. The van der Waals surface area contributed by atoms with Crippen molar-refractivity contribution in [2.75, 3.05) is 39.5 Å². The van der Waals surface area contributed by atoms with Crippen LogP contribution >= 0.6 is 0 Å². The van der Waals surface area contributed by atoms with Gasteiger partial charge in [-0.2, -0.15) is 0 Å². The molecule has 1 aliphatic heterocycles. The number of hydrogen-bond acceptors (Lipinski definition) is 5. The van der Waals surface area contributed by atoms with E-state index in [1.807, 2.05) is 18.7 Å². The number of rotatable bonds is 6. The molecule has 1 aliphatic rings. The Labute approximate surface area is 122 Å². The highest BCUT2D eigenvalue weighted by molar-refractivity contribution is 7.88. The molecular formula is C13H26N2O4S. The van der Waals surface area contributed by atoms with Gasteiger partial charge in [0.1, 0.15) is 0 Å². The number of carbonyl (C=O) groups is 1. The van der Waals surface area contributed by atoms with Crippen molar-refractivity contribution in [3.63, 3.8) is 0 Å². The maximum Gasteiger partial charge on any atom is 0.319 e. The van der Waals surface area contributed by atoms with Gasteiger partial charge in [-0.05, 0) is 32.6 Å². The van der Waals surface area contributed by atoms with Crippen molar-refractivity contribution in [2.24, 2.45) is 5.92 Å². The number of piperidine rings is 1. The normalized spacial score (nSPS) is 21.4. The summed E-state index contributed by atoms with van der Waals surface area (Å²) in [5.41, 5.74) is 0. The number of ether oxygens (including phenoxy) is 1. The minimum absolute atomic E-state index is 0.225. The lowest BCUT2D eigenvalue weighted by Gasteiger charge is -2.35. The maximum atomic E-state index is 11.6. The second kappa shape index (κ2) is 7.38. The van der Waals surface area contributed by atoms with E-state index < -0.39 is 10.0 Å². The summed E-state index contributed by atoms with van der Waals surface area (Å²) < 4.78 is 29.5. The number of esters is 1. The standard InChI is InChI=1S/C13H26N2O4S/c1-11(2)14(10-13(16)19-3)8-12-6-5-7-15(9-12)20(4,17)18/h11-12H,5-10H2,1-4H3. The van der Waals surface area contributed by atoms with E-state index >= 15 is 0 Å². The third kappa shape index (κ3) is 5.38. The van der Waals surface area contributed by atoms with E-state index in [4.69, 9.17) is 4.74 Å². The van der Waals surface area contributed by atoms with Crippen LogP contribution in [0, 0.1) is 5.92 Å². The highest BCUT2D eigenvalue weighted by Crippen LogP contribution is 2.20. The molecule has 0 N–H and O–H groups in total. The Balaban J connectivity index is 2.62. The van der Waals surface area contributed by atoms with Gasteiger partial charge in [-0.25, -0.2) is 12.7 Å². The van der Waals surface area contributed by atoms with Crippen LogP contribution in [0.25, 0.3) is 0 Å². The topological polar surface area (TPSA) is 66.9 Å². The Hall–Kier alpha value is -0.660. The molecule has 0 amide bonds. The smallest absolute Gasteiger partial charge is 0.319 e. The van der Waals surface area contributed by atoms with Crippen LogP contribution in [0.4, 0.5) is 0 Å². The Bertz CT molecular complexity index is 422. The highest BCUT2D eigenvalue weighted by atomic mass is 32.2. The Kier molecular flexibility index (Phi) is 6.42. The molecule has 1 atom stereocenters. The first-order valence-corrected chi connectivity index (χ1v) is 8.85. The zero-order chi connectivity index (χ0) is 15.3. The lowest BCUT2D eigenvalue weighted by molar-refractivity contribution is -0.142. The molecule has 7 heteroatoms. The molecule has 6 nitrogen and oxygen atoms in total. The van der Waals surface area contributed by atoms with Crippen molar-refractivity contribution in [3.8, 4) is 0 Å². The molecule has 0 spiro atoms. The minimum atomic E-state index is -3.12. The van der Waals surface area contributed by atoms with Gasteiger partial charge >= 0.3 is 5.97 Å². The van der Waals surface area contributed by atoms with Crippen molar-refractivity contribution in [1.29, 1.82) is 0 Å². The molecule has 1 rings (SSSR count). The van der Waals surface area contributed by atoms with E-state index in [1.54, 1.807) is 0 Å². The molecule has 0 aromatic carbocycles. The van der Waals surface area contributed by atoms with Gasteiger partial charge in [0.15, 0.2) is 0 Å². The molecule has 0 bridgehead atoms. The first-order chi connectivity index (χ1) is 9.24. The number of sulfonamides is 1. The van der Waals surface area contributed by atoms with Crippen LogP contribution in [0.5, 0.6) is 0 Å². The van der Waals surface area contributed by atoms with Gasteiger partial charge in [-0.1, -0.05) is 0 Å². The molecule has 1 heterocycles. The van der Waals surface area contributed by atoms with Crippen LogP contribution < -0.4 is 0 Å². The van der Waals surface area contributed by atoms with Crippen molar-refractivity contribution >= 4 is 16.0 Å². The lowest BCUT2D eigenvalue weighted by atomic mass is 9.98. The predicted octanol–water partition coefficient (Wildman–Crippen LogP) is 0.541. The molecule has 0 saturated carbocycles. The summed E-state index contributed by atoms with van der Waals surface area (Å²) in [6.45, 7) is 6.18. The highest BCUT2D eigenvalue weighted by Gasteiger charge is 2.28. The Morgan fingerprint density at radius 2 is 2.10 bits per heavy atom. The zero-order valence-electron chi connectivity index (χ0n) is 12.8. The van der Waals surface area contributed by atoms with Crippen LogP contribution in [0.2, 0.25) is 0 Å². The largest absolute Gasteiger partial charge is 0.468 e. The van der Waals surface area contributed by atoms with Gasteiger partial charge in [0.25, 0.3) is 0 Å². The summed E-state index contributed by atoms with van der Waals surface area (Å²) in [5, 5.41) is 0. The van der Waals surface area contributed by atoms with E-state index in [-0.39, 0.29) is 24.5 Å². The van der Waals surface area contributed by atoms with E-state index in [9.17, 15) is 13.2 Å². The fraction of sp³-hybridized carbons (Fsp3) is 0.923. The Morgan fingerprint density at radius 1 is 1.45 bits per heavy atom. The lowest BCUT2D eigenvalue weighted by Crippen LogP contribution is -2.46. The number of nitrogens with zero attached hydrogens (tertiary/aromatic N) is 2. The summed E-state index contributed by atoms with van der Waals surface area (Å²) >= 11 is 0. The molecule has 1 unspecified atom stereocenters. The summed E-state index contributed by atoms with van der Waals surface area (Å²) in [6, 6.07) is 0.225. The van der Waals surface area contributed by atoms with E-state index in [0.29, 0.717) is 13.1 Å². The summed E-state index contributed by atoms with van der Waals surface area (Å²) in [7, 11) is -1.74. The quantitative estimate of drug-likeness (QED) is 0.670. The number of hydrogen-bond donors (Lipinski definition) is 0. The third-order valence-corrected chi connectivity index (χ3v) is 5.00. The molecule has 118 valence electrons. The molecule has 0 aromatic rings. The third-order valence-electron chi connectivity index (χ3n) is 3.73. The van der Waals surface area contributed by atoms with Crippen LogP contribution in [0.3, 0.4) is 0 Å². The van der Waals surface area contributed by atoms with E-state index in [2.05, 4.69) is 0 Å². The maximum absolute atomic E-state index is 11.6. The monoisotopic (exact) mass is 306 g/mol. The van der Waals surface area contributed by atoms with Gasteiger partial charge in [-0.3, -0.25) is 9.69 Å². The van der Waals surface area contributed by atoms with Crippen LogP contribution in [0.15, 0.2) is 0 Å². The average Bonchev–Trinajstić information content (AvgIpc) is 2.37. The van der Waals surface area contributed by atoms with Crippen molar-refractivity contribution in [2.45, 2.75) is 32.7 Å². The molecule has 20 heavy (non-hydrogen) atoms. The van der Waals surface area contributed by atoms with E-state index in [0.717, 1.165) is 19.4 Å². The fourth-order valence-corrected chi connectivity index (χ4v) is 3.44. The second-order valence-electron chi connectivity index (χ2n) is 5.73. The fourth-order valence-electron chi connectivity index (χ4n) is 2.50. The first-order valence-electron chi connectivity index (χ1n) is 7.00. The SMILES string of the molecule is COC(=O)CN(CC1CCCN(S(C)(=O)=O)C1)C(C)C. The molecular weight excluding hydrogens is 280 g/mol. The van der Waals surface area contributed by atoms with Gasteiger partial charge in [0, 0.05) is 25.7 Å². The zero-order valence-corrected chi connectivity index (χ0v) is 13.6. The number of carbonyl (C=O) groups excluding carboxylic acids is 1. The predicted molar refractivity (Wildman–Crippen MR) is 77.9 cm³/mol. The van der Waals surface area contributed by atoms with E-state index in [1.165, 1.54) is 17.7 Å². The van der Waals surface area contributed by atoms with Gasteiger partial charge in [-0.15, -0.1) is 0 Å². The first kappa shape index (κ1) is 17.4. The molecule has 0 radical (unpaired) electrons. The molecule has 0 aromatic heterocycles. The van der Waals surface area contributed by atoms with Crippen LogP contribution in [-0.4, -0.2) is 69.2 Å². The number of methoxy groups -OCH3 is 1. The van der Waals surface area contributed by atoms with Crippen molar-refractivity contribution in [1.82, 2.24) is 9.21 Å². The van der Waals surface area contributed by atoms with Crippen molar-refractivity contribution < 1.29 is 17.9 Å². The van der Waals surface area contributed by atoms with Gasteiger partial charge in [0.2, 0.25) is 10.0 Å². The molecule has 0 aliphatic carbocycles. The average molecular weight is 306 g/mol. The van der Waals surface area contributed by atoms with Crippen LogP contribution in [-0.2, 0) is 19.6 Å². The summed E-state index contributed by atoms with van der Waals surface area (Å²) in [6.07, 6.45) is 3.13. The summed E-state index contributed by atoms with van der Waals surface area (Å²) in [4.78, 5) is 13.5. The van der Waals surface area contributed by atoms with Crippen LogP contribution in [0.1, 0.15) is 26.7 Å². The van der Waals surface area contributed by atoms with Crippen molar-refractivity contribution in [3.05, 3.63) is 0 Å². The van der Waals surface area contributed by atoms with Gasteiger partial charge in [0.05, 0.1) is 19.9 Å². The second-order valence-corrected chi connectivity index (χ2v) is 7.71.